The second-order valence-electron chi connectivity index (χ2n) is 8.69. The molecule has 4 heterocycles. The van der Waals surface area contributed by atoms with Crippen molar-refractivity contribution in [3.8, 4) is 11.3 Å². The fraction of sp³-hybridized carbons (Fsp3) is 0.160. The fourth-order valence-electron chi connectivity index (χ4n) is 3.82. The van der Waals surface area contributed by atoms with Gasteiger partial charge in [0.2, 0.25) is 0 Å². The molecule has 0 unspecified atom stereocenters. The number of anilines is 1. The van der Waals surface area contributed by atoms with Gasteiger partial charge in [-0.3, -0.25) is 14.3 Å². The number of aryl methyl sites for hydroxylation is 1. The fourth-order valence-corrected chi connectivity index (χ4v) is 3.82. The monoisotopic (exact) mass is 577 g/mol. The molecule has 0 fully saturated rings. The lowest BCUT2D eigenvalue weighted by molar-refractivity contribution is -0.291. The third-order valence-electron chi connectivity index (χ3n) is 5.77. The number of hydrogen-bond acceptors (Lipinski definition) is 6. The minimum absolute atomic E-state index is 0.0144. The van der Waals surface area contributed by atoms with Crippen molar-refractivity contribution in [1.82, 2.24) is 29.7 Å². The summed E-state index contributed by atoms with van der Waals surface area (Å²) in [6.07, 6.45) is -3.32. The molecular formula is C25H17F6N7O3. The average molecular weight is 577 g/mol. The van der Waals surface area contributed by atoms with Gasteiger partial charge in [-0.25, -0.2) is 13.9 Å². The van der Waals surface area contributed by atoms with E-state index in [1.807, 2.05) is 0 Å². The van der Waals surface area contributed by atoms with Gasteiger partial charge in [0.1, 0.15) is 17.3 Å². The molecular weight excluding hydrogens is 560 g/mol. The standard InChI is InChI=1S/C25H17F6N7O3/c1-37-12-18(21(36-37)23(40)32-11-15-3-2-8-41-15)34-22(39)17-10-20-33-16(13-4-6-14(26)7-5-13)9-19(38(20)35-17)24(27,28)25(29,30)31/h2-10,12H,11H2,1H3,(H,32,40)(H,34,39). The number of alkyl halides is 5. The minimum Gasteiger partial charge on any atom is -0.467 e. The summed E-state index contributed by atoms with van der Waals surface area (Å²) in [5.41, 5.74) is -3.32. The summed E-state index contributed by atoms with van der Waals surface area (Å²) in [6.45, 7) is 0.0144. The molecule has 0 radical (unpaired) electrons. The lowest BCUT2D eigenvalue weighted by Gasteiger charge is -2.21. The van der Waals surface area contributed by atoms with Gasteiger partial charge in [0, 0.05) is 24.9 Å². The van der Waals surface area contributed by atoms with Gasteiger partial charge in [-0.15, -0.1) is 0 Å². The van der Waals surface area contributed by atoms with Crippen LogP contribution in [0, 0.1) is 5.82 Å². The molecule has 0 saturated carbocycles. The molecule has 10 nitrogen and oxygen atoms in total. The molecule has 0 atom stereocenters. The Bertz CT molecular complexity index is 1740. The van der Waals surface area contributed by atoms with E-state index in [4.69, 9.17) is 4.42 Å². The molecule has 0 saturated heterocycles. The van der Waals surface area contributed by atoms with Crippen LogP contribution < -0.4 is 10.6 Å². The van der Waals surface area contributed by atoms with E-state index >= 15 is 0 Å². The maximum atomic E-state index is 14.6. The summed E-state index contributed by atoms with van der Waals surface area (Å²) < 4.78 is 89.2. The Morgan fingerprint density at radius 3 is 2.39 bits per heavy atom. The first-order valence-corrected chi connectivity index (χ1v) is 11.6. The number of amides is 2. The van der Waals surface area contributed by atoms with E-state index in [9.17, 15) is 35.9 Å². The van der Waals surface area contributed by atoms with Gasteiger partial charge >= 0.3 is 12.1 Å². The topological polar surface area (TPSA) is 119 Å². The Hall–Kier alpha value is -5.15. The summed E-state index contributed by atoms with van der Waals surface area (Å²) in [5.74, 6) is -7.35. The molecule has 212 valence electrons. The number of furan rings is 1. The molecule has 16 heteroatoms. The molecule has 0 aliphatic rings. The third-order valence-corrected chi connectivity index (χ3v) is 5.77. The summed E-state index contributed by atoms with van der Waals surface area (Å²) in [6, 6.07) is 8.86. The van der Waals surface area contributed by atoms with E-state index in [1.165, 1.54) is 24.2 Å². The molecule has 4 aromatic heterocycles. The number of benzene rings is 1. The van der Waals surface area contributed by atoms with Crippen molar-refractivity contribution in [1.29, 1.82) is 0 Å². The van der Waals surface area contributed by atoms with Crippen molar-refractivity contribution in [2.45, 2.75) is 18.6 Å². The highest BCUT2D eigenvalue weighted by Gasteiger charge is 2.60. The van der Waals surface area contributed by atoms with Crippen LogP contribution in [0.15, 0.2) is 65.4 Å². The Kier molecular flexibility index (Phi) is 6.76. The van der Waals surface area contributed by atoms with Crippen LogP contribution in [0.1, 0.15) is 32.4 Å². The smallest absolute Gasteiger partial charge is 0.459 e. The van der Waals surface area contributed by atoms with Crippen molar-refractivity contribution < 1.29 is 40.3 Å². The van der Waals surface area contributed by atoms with Gasteiger partial charge in [0.05, 0.1) is 24.2 Å². The van der Waals surface area contributed by atoms with Gasteiger partial charge in [-0.1, -0.05) is 0 Å². The maximum absolute atomic E-state index is 14.6. The summed E-state index contributed by atoms with van der Waals surface area (Å²) in [5, 5.41) is 12.6. The maximum Gasteiger partial charge on any atom is 0.459 e. The van der Waals surface area contributed by atoms with E-state index in [-0.39, 0.29) is 33.7 Å². The normalized spacial score (nSPS) is 12.1. The number of halogens is 6. The zero-order chi connectivity index (χ0) is 29.5. The van der Waals surface area contributed by atoms with Gasteiger partial charge in [0.15, 0.2) is 17.0 Å². The average Bonchev–Trinajstić information content (AvgIpc) is 3.66. The first-order chi connectivity index (χ1) is 19.3. The Balaban J connectivity index is 1.50. The number of carbonyl (C=O) groups excluding carboxylic acids is 2. The highest BCUT2D eigenvalue weighted by molar-refractivity contribution is 6.07. The molecule has 0 spiro atoms. The summed E-state index contributed by atoms with van der Waals surface area (Å²) in [7, 11) is 1.47. The van der Waals surface area contributed by atoms with Gasteiger partial charge in [-0.05, 0) is 42.5 Å². The summed E-state index contributed by atoms with van der Waals surface area (Å²) in [4.78, 5) is 29.7. The van der Waals surface area contributed by atoms with Crippen LogP contribution in [0.5, 0.6) is 0 Å². The molecule has 0 bridgehead atoms. The van der Waals surface area contributed by atoms with E-state index in [1.54, 1.807) is 12.1 Å². The van der Waals surface area contributed by atoms with Gasteiger partial charge in [0.25, 0.3) is 11.8 Å². The number of nitrogens with one attached hydrogen (secondary N) is 2. The zero-order valence-corrected chi connectivity index (χ0v) is 20.7. The number of carbonyl (C=O) groups is 2. The predicted molar refractivity (Wildman–Crippen MR) is 129 cm³/mol. The van der Waals surface area contributed by atoms with E-state index in [0.29, 0.717) is 11.8 Å². The first kappa shape index (κ1) is 27.4. The lowest BCUT2D eigenvalue weighted by atomic mass is 10.1. The largest absolute Gasteiger partial charge is 0.467 e. The lowest BCUT2D eigenvalue weighted by Crippen LogP contribution is -2.36. The van der Waals surface area contributed by atoms with Crippen LogP contribution in [-0.2, 0) is 19.5 Å². The van der Waals surface area contributed by atoms with Crippen molar-refractivity contribution in [3.63, 3.8) is 0 Å². The third kappa shape index (κ3) is 5.35. The number of aromatic nitrogens is 5. The first-order valence-electron chi connectivity index (χ1n) is 11.6. The molecule has 41 heavy (non-hydrogen) atoms. The van der Waals surface area contributed by atoms with Crippen molar-refractivity contribution >= 4 is 23.1 Å². The molecule has 2 N–H and O–H groups in total. The number of nitrogens with zero attached hydrogens (tertiary/aromatic N) is 5. The molecule has 1 aromatic carbocycles. The molecule has 0 aliphatic carbocycles. The van der Waals surface area contributed by atoms with Crippen LogP contribution in [-0.4, -0.2) is 42.4 Å². The van der Waals surface area contributed by atoms with Crippen molar-refractivity contribution in [2.75, 3.05) is 5.32 Å². The van der Waals surface area contributed by atoms with E-state index < -0.39 is 46.8 Å². The Labute approximate surface area is 225 Å². The number of rotatable bonds is 7. The van der Waals surface area contributed by atoms with Gasteiger partial charge < -0.3 is 15.1 Å². The van der Waals surface area contributed by atoms with Crippen LogP contribution in [0.4, 0.5) is 32.0 Å². The van der Waals surface area contributed by atoms with E-state index in [2.05, 4.69) is 25.8 Å². The summed E-state index contributed by atoms with van der Waals surface area (Å²) >= 11 is 0. The number of fused-ring (bicyclic) bond motifs is 1. The molecule has 5 aromatic rings. The molecule has 0 aliphatic heterocycles. The Morgan fingerprint density at radius 2 is 1.73 bits per heavy atom. The van der Waals surface area contributed by atoms with E-state index in [0.717, 1.165) is 30.3 Å². The second kappa shape index (κ2) is 10.1. The molecule has 2 amide bonds. The van der Waals surface area contributed by atoms with Crippen molar-refractivity contribution in [2.24, 2.45) is 7.05 Å². The highest BCUT2D eigenvalue weighted by Crippen LogP contribution is 2.44. The van der Waals surface area contributed by atoms with Crippen LogP contribution >= 0.6 is 0 Å². The van der Waals surface area contributed by atoms with Crippen LogP contribution in [0.25, 0.3) is 16.9 Å². The van der Waals surface area contributed by atoms with Crippen LogP contribution in [0.2, 0.25) is 0 Å². The quantitative estimate of drug-likeness (QED) is 0.271. The van der Waals surface area contributed by atoms with Gasteiger partial charge in [-0.2, -0.15) is 32.1 Å². The van der Waals surface area contributed by atoms with Crippen LogP contribution in [0.3, 0.4) is 0 Å². The molecule has 5 rings (SSSR count). The SMILES string of the molecule is Cn1cc(NC(=O)c2cc3nc(-c4ccc(F)cc4)cc(C(F)(F)C(F)(F)F)n3n2)c(C(=O)NCc2ccco2)n1. The zero-order valence-electron chi connectivity index (χ0n) is 20.7. The minimum atomic E-state index is -6.01. The highest BCUT2D eigenvalue weighted by atomic mass is 19.4. The number of hydrogen-bond donors (Lipinski definition) is 2. The Morgan fingerprint density at radius 1 is 1.00 bits per heavy atom. The second-order valence-corrected chi connectivity index (χ2v) is 8.69. The predicted octanol–water partition coefficient (Wildman–Crippen LogP) is 4.70. The van der Waals surface area contributed by atoms with Crippen molar-refractivity contribution in [3.05, 3.63) is 89.7 Å².